The number of nitrogens with zero attached hydrogens (tertiary/aromatic N) is 1. The molecule has 0 spiro atoms. The maximum atomic E-state index is 13.7. The molecule has 1 unspecified atom stereocenters. The first-order chi connectivity index (χ1) is 16.1. The standard InChI is InChI=1S/C25H26ClN3O4S/c1-3-28-25(31)19-10-8-18(9-11-19)16-29(34(32,33)21-14-12-20(26)13-15-21)23(24(27)30)22-7-5-4-6-17(22)2/h4-15,23H,3,16H2,1-2H3,(H2,27,30)(H,28,31). The molecule has 2 amide bonds. The Labute approximate surface area is 204 Å². The second-order valence-corrected chi connectivity index (χ2v) is 10.0. The lowest BCUT2D eigenvalue weighted by Crippen LogP contribution is -2.41. The number of hydrogen-bond donors (Lipinski definition) is 2. The molecule has 178 valence electrons. The zero-order chi connectivity index (χ0) is 24.9. The first kappa shape index (κ1) is 25.4. The molecule has 0 saturated carbocycles. The Morgan fingerprint density at radius 2 is 1.62 bits per heavy atom. The van der Waals surface area contributed by atoms with E-state index in [2.05, 4.69) is 5.32 Å². The lowest BCUT2D eigenvalue weighted by molar-refractivity contribution is -0.122. The Morgan fingerprint density at radius 3 is 2.18 bits per heavy atom. The predicted octanol–water partition coefficient (Wildman–Crippen LogP) is 3.82. The van der Waals surface area contributed by atoms with Crippen LogP contribution in [0.3, 0.4) is 0 Å². The molecule has 0 saturated heterocycles. The molecule has 0 aliphatic heterocycles. The highest BCUT2D eigenvalue weighted by Crippen LogP contribution is 2.32. The fourth-order valence-corrected chi connectivity index (χ4v) is 5.30. The van der Waals surface area contributed by atoms with E-state index in [9.17, 15) is 18.0 Å². The summed E-state index contributed by atoms with van der Waals surface area (Å²) in [5.74, 6) is -1.03. The highest BCUT2D eigenvalue weighted by molar-refractivity contribution is 7.89. The molecular formula is C25H26ClN3O4S. The minimum Gasteiger partial charge on any atom is -0.368 e. The van der Waals surface area contributed by atoms with Crippen LogP contribution in [0.2, 0.25) is 5.02 Å². The maximum absolute atomic E-state index is 13.7. The molecule has 0 aliphatic rings. The van der Waals surface area contributed by atoms with E-state index in [0.717, 1.165) is 9.87 Å². The number of carbonyl (C=O) groups excluding carboxylic acids is 2. The maximum Gasteiger partial charge on any atom is 0.251 e. The number of primary amides is 1. The van der Waals surface area contributed by atoms with Gasteiger partial charge in [-0.2, -0.15) is 4.31 Å². The largest absolute Gasteiger partial charge is 0.368 e. The van der Waals surface area contributed by atoms with Gasteiger partial charge in [0.1, 0.15) is 6.04 Å². The van der Waals surface area contributed by atoms with Crippen molar-refractivity contribution in [3.63, 3.8) is 0 Å². The first-order valence-electron chi connectivity index (χ1n) is 10.6. The van der Waals surface area contributed by atoms with Gasteiger partial charge in [-0.25, -0.2) is 8.42 Å². The van der Waals surface area contributed by atoms with E-state index in [-0.39, 0.29) is 17.3 Å². The summed E-state index contributed by atoms with van der Waals surface area (Å²) < 4.78 is 28.6. The van der Waals surface area contributed by atoms with Crippen LogP contribution >= 0.6 is 11.6 Å². The molecule has 9 heteroatoms. The minimum absolute atomic E-state index is 0.0179. The van der Waals surface area contributed by atoms with E-state index in [1.807, 2.05) is 6.92 Å². The molecule has 1 atom stereocenters. The highest BCUT2D eigenvalue weighted by Gasteiger charge is 2.36. The van der Waals surface area contributed by atoms with Crippen molar-refractivity contribution in [2.45, 2.75) is 31.3 Å². The summed E-state index contributed by atoms with van der Waals surface area (Å²) in [6.45, 7) is 3.97. The van der Waals surface area contributed by atoms with Gasteiger partial charge >= 0.3 is 0 Å². The Hall–Kier alpha value is -3.20. The number of halogens is 1. The van der Waals surface area contributed by atoms with Crippen molar-refractivity contribution >= 4 is 33.4 Å². The number of carbonyl (C=O) groups is 2. The van der Waals surface area contributed by atoms with Crippen LogP contribution in [0.15, 0.2) is 77.7 Å². The van der Waals surface area contributed by atoms with Gasteiger partial charge < -0.3 is 11.1 Å². The van der Waals surface area contributed by atoms with Crippen molar-refractivity contribution in [1.29, 1.82) is 0 Å². The predicted molar refractivity (Wildman–Crippen MR) is 132 cm³/mol. The second-order valence-electron chi connectivity index (χ2n) is 7.72. The van der Waals surface area contributed by atoms with Crippen molar-refractivity contribution in [1.82, 2.24) is 9.62 Å². The third-order valence-electron chi connectivity index (χ3n) is 5.35. The van der Waals surface area contributed by atoms with Gasteiger partial charge in [0.2, 0.25) is 15.9 Å². The number of sulfonamides is 1. The molecule has 34 heavy (non-hydrogen) atoms. The van der Waals surface area contributed by atoms with Crippen molar-refractivity contribution in [3.8, 4) is 0 Å². The molecule has 0 heterocycles. The molecule has 3 N–H and O–H groups in total. The molecule has 3 aromatic carbocycles. The lowest BCUT2D eigenvalue weighted by Gasteiger charge is -2.30. The average Bonchev–Trinajstić information content (AvgIpc) is 2.80. The van der Waals surface area contributed by atoms with Gasteiger partial charge in [-0.3, -0.25) is 9.59 Å². The van der Waals surface area contributed by atoms with Gasteiger partial charge in [-0.05, 0) is 66.9 Å². The molecule has 0 bridgehead atoms. The van der Waals surface area contributed by atoms with Gasteiger partial charge in [0.25, 0.3) is 5.91 Å². The van der Waals surface area contributed by atoms with Gasteiger partial charge in [-0.1, -0.05) is 48.0 Å². The van der Waals surface area contributed by atoms with Crippen LogP contribution in [0.25, 0.3) is 0 Å². The zero-order valence-corrected chi connectivity index (χ0v) is 20.4. The zero-order valence-electron chi connectivity index (χ0n) is 18.9. The summed E-state index contributed by atoms with van der Waals surface area (Å²) in [6, 6.07) is 18.0. The lowest BCUT2D eigenvalue weighted by atomic mass is 10.0. The van der Waals surface area contributed by atoms with Gasteiger partial charge in [0.15, 0.2) is 0 Å². The number of aryl methyl sites for hydroxylation is 1. The van der Waals surface area contributed by atoms with Crippen molar-refractivity contribution in [2.24, 2.45) is 5.73 Å². The molecule has 0 radical (unpaired) electrons. The highest BCUT2D eigenvalue weighted by atomic mass is 35.5. The van der Waals surface area contributed by atoms with E-state index < -0.39 is 22.0 Å². The van der Waals surface area contributed by atoms with Crippen LogP contribution in [0.5, 0.6) is 0 Å². The number of rotatable bonds is 9. The quantitative estimate of drug-likeness (QED) is 0.466. The van der Waals surface area contributed by atoms with E-state index in [1.165, 1.54) is 24.3 Å². The van der Waals surface area contributed by atoms with Crippen LogP contribution in [-0.2, 0) is 21.4 Å². The summed E-state index contributed by atoms with van der Waals surface area (Å²) in [4.78, 5) is 24.7. The summed E-state index contributed by atoms with van der Waals surface area (Å²) >= 11 is 5.95. The number of amides is 2. The smallest absolute Gasteiger partial charge is 0.251 e. The molecule has 0 fully saturated rings. The monoisotopic (exact) mass is 499 g/mol. The van der Waals surface area contributed by atoms with Crippen molar-refractivity contribution in [2.75, 3.05) is 6.54 Å². The number of hydrogen-bond acceptors (Lipinski definition) is 4. The van der Waals surface area contributed by atoms with Gasteiger partial charge in [0, 0.05) is 23.7 Å². The van der Waals surface area contributed by atoms with Crippen LogP contribution < -0.4 is 11.1 Å². The molecule has 3 aromatic rings. The Bertz CT molecular complexity index is 1280. The summed E-state index contributed by atoms with van der Waals surface area (Å²) in [6.07, 6.45) is 0. The van der Waals surface area contributed by atoms with E-state index in [0.29, 0.717) is 28.3 Å². The molecule has 7 nitrogen and oxygen atoms in total. The summed E-state index contributed by atoms with van der Waals surface area (Å²) in [5.41, 5.74) is 8.03. The molecule has 0 aromatic heterocycles. The third-order valence-corrected chi connectivity index (χ3v) is 7.43. The van der Waals surface area contributed by atoms with Crippen LogP contribution in [0.4, 0.5) is 0 Å². The molecule has 3 rings (SSSR count). The number of benzene rings is 3. The molecular weight excluding hydrogens is 474 g/mol. The first-order valence-corrected chi connectivity index (χ1v) is 12.5. The van der Waals surface area contributed by atoms with Crippen LogP contribution in [0, 0.1) is 6.92 Å². The fraction of sp³-hybridized carbons (Fsp3) is 0.200. The normalized spacial score (nSPS) is 12.4. The second kappa shape index (κ2) is 10.8. The van der Waals surface area contributed by atoms with Crippen molar-refractivity contribution in [3.05, 3.63) is 100 Å². The number of nitrogens with two attached hydrogens (primary N) is 1. The SMILES string of the molecule is CCNC(=O)c1ccc(CN(C(C(N)=O)c2ccccc2C)S(=O)(=O)c2ccc(Cl)cc2)cc1. The number of nitrogens with one attached hydrogen (secondary N) is 1. The van der Waals surface area contributed by atoms with Gasteiger partial charge in [-0.15, -0.1) is 0 Å². The van der Waals surface area contributed by atoms with E-state index in [4.69, 9.17) is 17.3 Å². The summed E-state index contributed by atoms with van der Waals surface area (Å²) in [7, 11) is -4.17. The Balaban J connectivity index is 2.10. The summed E-state index contributed by atoms with van der Waals surface area (Å²) in [5, 5.41) is 3.10. The van der Waals surface area contributed by atoms with Gasteiger partial charge in [0.05, 0.1) is 4.90 Å². The van der Waals surface area contributed by atoms with Crippen LogP contribution in [0.1, 0.15) is 40.0 Å². The van der Waals surface area contributed by atoms with E-state index >= 15 is 0 Å². The van der Waals surface area contributed by atoms with E-state index in [1.54, 1.807) is 55.5 Å². The topological polar surface area (TPSA) is 110 Å². The minimum atomic E-state index is -4.17. The Morgan fingerprint density at radius 1 is 1.00 bits per heavy atom. The van der Waals surface area contributed by atoms with Crippen molar-refractivity contribution < 1.29 is 18.0 Å². The fourth-order valence-electron chi connectivity index (χ4n) is 3.60. The Kier molecular flexibility index (Phi) is 8.09. The molecule has 0 aliphatic carbocycles. The third kappa shape index (κ3) is 5.64. The average molecular weight is 500 g/mol. The van der Waals surface area contributed by atoms with Crippen LogP contribution in [-0.4, -0.2) is 31.1 Å².